The topological polar surface area (TPSA) is 17.1 Å². The summed E-state index contributed by atoms with van der Waals surface area (Å²) in [7, 11) is 0. The normalized spacial score (nSPS) is 11.6. The van der Waals surface area contributed by atoms with Gasteiger partial charge in [0.2, 0.25) is 0 Å². The van der Waals surface area contributed by atoms with Crippen LogP contribution < -0.4 is 0 Å². The third-order valence-corrected chi connectivity index (χ3v) is 3.07. The molecule has 0 fully saturated rings. The second-order valence-corrected chi connectivity index (χ2v) is 4.85. The molecule has 0 unspecified atom stereocenters. The third kappa shape index (κ3) is 3.41. The molecule has 0 aliphatic heterocycles. The molecule has 1 nitrogen and oxygen atoms in total. The predicted molar refractivity (Wildman–Crippen MR) is 80.0 cm³/mol. The van der Waals surface area contributed by atoms with Crippen LogP contribution in [0, 0.1) is 5.92 Å². The second kappa shape index (κ2) is 6.14. The highest BCUT2D eigenvalue weighted by Gasteiger charge is 2.09. The summed E-state index contributed by atoms with van der Waals surface area (Å²) in [6.07, 6.45) is 1.76. The van der Waals surface area contributed by atoms with Gasteiger partial charge in [-0.25, -0.2) is 0 Å². The van der Waals surface area contributed by atoms with Crippen LogP contribution in [-0.4, -0.2) is 5.78 Å². The molecule has 0 bridgehead atoms. The molecule has 2 aromatic rings. The molecule has 0 aliphatic carbocycles. The van der Waals surface area contributed by atoms with Gasteiger partial charge in [0.05, 0.1) is 0 Å². The van der Waals surface area contributed by atoms with Gasteiger partial charge in [-0.15, -0.1) is 0 Å². The Morgan fingerprint density at radius 1 is 0.842 bits per heavy atom. The van der Waals surface area contributed by atoms with E-state index in [1.165, 1.54) is 0 Å². The van der Waals surface area contributed by atoms with E-state index in [-0.39, 0.29) is 5.78 Å². The highest BCUT2D eigenvalue weighted by Crippen LogP contribution is 2.23. The molecule has 0 spiro atoms. The van der Waals surface area contributed by atoms with Gasteiger partial charge in [0.25, 0.3) is 0 Å². The van der Waals surface area contributed by atoms with E-state index in [9.17, 15) is 4.79 Å². The summed E-state index contributed by atoms with van der Waals surface area (Å²) in [6.45, 7) is 4.22. The van der Waals surface area contributed by atoms with E-state index < -0.39 is 0 Å². The van der Waals surface area contributed by atoms with Crippen LogP contribution in [0.1, 0.15) is 29.8 Å². The maximum atomic E-state index is 12.3. The fraction of sp³-hybridized carbons (Fsp3) is 0.167. The summed E-state index contributed by atoms with van der Waals surface area (Å²) in [5, 5.41) is 0. The van der Waals surface area contributed by atoms with Crippen LogP contribution in [-0.2, 0) is 0 Å². The van der Waals surface area contributed by atoms with E-state index >= 15 is 0 Å². The van der Waals surface area contributed by atoms with Crippen LogP contribution in [0.5, 0.6) is 0 Å². The lowest BCUT2D eigenvalue weighted by Crippen LogP contribution is -2.00. The summed E-state index contributed by atoms with van der Waals surface area (Å²) in [6, 6.07) is 19.5. The minimum atomic E-state index is 0.0631. The zero-order chi connectivity index (χ0) is 13.7. The lowest BCUT2D eigenvalue weighted by molar-refractivity contribution is 0.104. The first kappa shape index (κ1) is 13.3. The van der Waals surface area contributed by atoms with Gasteiger partial charge in [-0.1, -0.05) is 74.5 Å². The number of carbonyl (C=O) groups excluding carboxylic acids is 1. The van der Waals surface area contributed by atoms with Crippen molar-refractivity contribution in [2.45, 2.75) is 13.8 Å². The summed E-state index contributed by atoms with van der Waals surface area (Å²) in [5.74, 6) is 0.378. The Hall–Kier alpha value is -2.15. The van der Waals surface area contributed by atoms with Gasteiger partial charge in [0.1, 0.15) is 0 Å². The molecule has 0 amide bonds. The van der Waals surface area contributed by atoms with Crippen LogP contribution in [0.4, 0.5) is 0 Å². The van der Waals surface area contributed by atoms with Crippen molar-refractivity contribution < 1.29 is 4.79 Å². The van der Waals surface area contributed by atoms with Crippen molar-refractivity contribution in [2.75, 3.05) is 0 Å². The number of hydrogen-bond acceptors (Lipinski definition) is 1. The standard InChI is InChI=1S/C18H18O/c1-14(2)17(15-9-5-3-6-10-15)13-18(19)16-11-7-4-8-12-16/h3-14H,1-2H3/b17-13-. The van der Waals surface area contributed by atoms with E-state index in [2.05, 4.69) is 13.8 Å². The smallest absolute Gasteiger partial charge is 0.186 e. The third-order valence-electron chi connectivity index (χ3n) is 3.07. The summed E-state index contributed by atoms with van der Waals surface area (Å²) < 4.78 is 0. The maximum absolute atomic E-state index is 12.3. The minimum Gasteiger partial charge on any atom is -0.289 e. The fourth-order valence-corrected chi connectivity index (χ4v) is 2.04. The van der Waals surface area contributed by atoms with Gasteiger partial charge < -0.3 is 0 Å². The number of hydrogen-bond donors (Lipinski definition) is 0. The molecule has 2 aromatic carbocycles. The average Bonchev–Trinajstić information content (AvgIpc) is 2.46. The molecule has 0 saturated heterocycles. The highest BCUT2D eigenvalue weighted by atomic mass is 16.1. The van der Waals surface area contributed by atoms with Crippen molar-refractivity contribution in [3.05, 3.63) is 77.9 Å². The van der Waals surface area contributed by atoms with E-state index in [0.717, 1.165) is 16.7 Å². The van der Waals surface area contributed by atoms with E-state index in [1.807, 2.05) is 60.7 Å². The van der Waals surface area contributed by atoms with E-state index in [0.29, 0.717) is 5.92 Å². The lowest BCUT2D eigenvalue weighted by Gasteiger charge is -2.11. The number of carbonyl (C=O) groups is 1. The van der Waals surface area contributed by atoms with Gasteiger partial charge in [-0.05, 0) is 23.1 Å². The number of ketones is 1. The first-order valence-electron chi connectivity index (χ1n) is 6.55. The average molecular weight is 250 g/mol. The summed E-state index contributed by atoms with van der Waals surface area (Å²) >= 11 is 0. The molecule has 2 rings (SSSR count). The number of allylic oxidation sites excluding steroid dienone is 2. The van der Waals surface area contributed by atoms with E-state index in [1.54, 1.807) is 6.08 Å². The fourth-order valence-electron chi connectivity index (χ4n) is 2.04. The zero-order valence-electron chi connectivity index (χ0n) is 11.3. The van der Waals surface area contributed by atoms with Crippen molar-refractivity contribution in [1.29, 1.82) is 0 Å². The second-order valence-electron chi connectivity index (χ2n) is 4.85. The molecule has 0 aliphatic rings. The Morgan fingerprint density at radius 2 is 1.32 bits per heavy atom. The molecular formula is C18H18O. The molecule has 0 atom stereocenters. The Kier molecular flexibility index (Phi) is 4.30. The van der Waals surface area contributed by atoms with Crippen LogP contribution in [0.25, 0.3) is 5.57 Å². The molecule has 0 aromatic heterocycles. The van der Waals surface area contributed by atoms with Crippen molar-refractivity contribution in [3.8, 4) is 0 Å². The Morgan fingerprint density at radius 3 is 1.79 bits per heavy atom. The van der Waals surface area contributed by atoms with Gasteiger partial charge in [-0.3, -0.25) is 4.79 Å². The Balaban J connectivity index is 2.35. The van der Waals surface area contributed by atoms with Crippen LogP contribution in [0.2, 0.25) is 0 Å². The van der Waals surface area contributed by atoms with Crippen LogP contribution in [0.15, 0.2) is 66.7 Å². The first-order valence-corrected chi connectivity index (χ1v) is 6.55. The molecule has 0 saturated carbocycles. The predicted octanol–water partition coefficient (Wildman–Crippen LogP) is 4.61. The molecule has 0 heterocycles. The Labute approximate surface area is 114 Å². The van der Waals surface area contributed by atoms with Crippen molar-refractivity contribution in [1.82, 2.24) is 0 Å². The van der Waals surface area contributed by atoms with Gasteiger partial charge >= 0.3 is 0 Å². The minimum absolute atomic E-state index is 0.0631. The van der Waals surface area contributed by atoms with Crippen molar-refractivity contribution in [3.63, 3.8) is 0 Å². The summed E-state index contributed by atoms with van der Waals surface area (Å²) in [4.78, 5) is 12.3. The Bertz CT molecular complexity index is 565. The molecule has 0 N–H and O–H groups in total. The maximum Gasteiger partial charge on any atom is 0.186 e. The molecular weight excluding hydrogens is 232 g/mol. The molecule has 96 valence electrons. The largest absolute Gasteiger partial charge is 0.289 e. The van der Waals surface area contributed by atoms with E-state index in [4.69, 9.17) is 0 Å². The van der Waals surface area contributed by atoms with Crippen molar-refractivity contribution >= 4 is 11.4 Å². The zero-order valence-corrected chi connectivity index (χ0v) is 11.3. The van der Waals surface area contributed by atoms with Gasteiger partial charge in [0, 0.05) is 5.56 Å². The first-order chi connectivity index (χ1) is 9.18. The molecule has 0 radical (unpaired) electrons. The highest BCUT2D eigenvalue weighted by molar-refractivity contribution is 6.08. The molecule has 1 heteroatoms. The summed E-state index contributed by atoms with van der Waals surface area (Å²) in [5.41, 5.74) is 2.92. The van der Waals surface area contributed by atoms with Crippen LogP contribution >= 0.6 is 0 Å². The van der Waals surface area contributed by atoms with Crippen LogP contribution in [0.3, 0.4) is 0 Å². The molecule has 19 heavy (non-hydrogen) atoms. The van der Waals surface area contributed by atoms with Gasteiger partial charge in [-0.2, -0.15) is 0 Å². The monoisotopic (exact) mass is 250 g/mol. The van der Waals surface area contributed by atoms with Crippen molar-refractivity contribution in [2.24, 2.45) is 5.92 Å². The lowest BCUT2D eigenvalue weighted by atomic mass is 9.93. The van der Waals surface area contributed by atoms with Gasteiger partial charge in [0.15, 0.2) is 5.78 Å². The SMILES string of the molecule is CC(C)/C(=C/C(=O)c1ccccc1)c1ccccc1. The number of rotatable bonds is 4. The number of benzene rings is 2. The quantitative estimate of drug-likeness (QED) is 0.572.